The molecule has 0 aliphatic rings. The molecule has 0 saturated heterocycles. The van der Waals surface area contributed by atoms with Gasteiger partial charge in [0.15, 0.2) is 15.0 Å². The van der Waals surface area contributed by atoms with Gasteiger partial charge >= 0.3 is 5.97 Å². The average Bonchev–Trinajstić information content (AvgIpc) is 2.93. The summed E-state index contributed by atoms with van der Waals surface area (Å²) in [5.74, 6) is -0.00204. The van der Waals surface area contributed by atoms with Crippen molar-refractivity contribution in [1.29, 1.82) is 0 Å². The van der Waals surface area contributed by atoms with Crippen molar-refractivity contribution >= 4 is 27.6 Å². The zero-order valence-corrected chi connectivity index (χ0v) is 16.9. The highest BCUT2D eigenvalue weighted by Gasteiger charge is 2.23. The fourth-order valence-corrected chi connectivity index (χ4v) is 4.19. The van der Waals surface area contributed by atoms with Crippen LogP contribution in [-0.2, 0) is 32.2 Å². The second-order valence-corrected chi connectivity index (χ2v) is 9.61. The fourth-order valence-electron chi connectivity index (χ4n) is 2.03. The Morgan fingerprint density at radius 2 is 1.85 bits per heavy atom. The van der Waals surface area contributed by atoms with E-state index < -0.39 is 15.1 Å². The molecule has 0 amide bonds. The summed E-state index contributed by atoms with van der Waals surface area (Å²) in [6, 6.07) is 8.21. The minimum Gasteiger partial charge on any atom is -0.465 e. The molecule has 1 heterocycles. The molecular weight excluding hydrogens is 374 g/mol. The van der Waals surface area contributed by atoms with Crippen LogP contribution < -0.4 is 0 Å². The van der Waals surface area contributed by atoms with E-state index in [2.05, 4.69) is 10.2 Å². The SMILES string of the molecule is CC(C)COC(=O)C(C)Sc1nnc(CS(=O)(=O)c2ccccc2)n1C. The first kappa shape index (κ1) is 20.4. The highest BCUT2D eigenvalue weighted by Crippen LogP contribution is 2.24. The van der Waals surface area contributed by atoms with Gasteiger partial charge in [-0.15, -0.1) is 10.2 Å². The van der Waals surface area contributed by atoms with Crippen LogP contribution in [0.15, 0.2) is 40.4 Å². The molecule has 0 saturated carbocycles. The first-order chi connectivity index (χ1) is 12.2. The zero-order chi connectivity index (χ0) is 19.3. The first-order valence-electron chi connectivity index (χ1n) is 8.20. The lowest BCUT2D eigenvalue weighted by Crippen LogP contribution is -2.20. The summed E-state index contributed by atoms with van der Waals surface area (Å²) in [7, 11) is -1.82. The molecule has 2 aromatic rings. The number of hydrogen-bond donors (Lipinski definition) is 0. The molecule has 26 heavy (non-hydrogen) atoms. The van der Waals surface area contributed by atoms with Gasteiger partial charge in [0.2, 0.25) is 0 Å². The minimum absolute atomic E-state index is 0.239. The van der Waals surface area contributed by atoms with Crippen molar-refractivity contribution in [3.05, 3.63) is 36.2 Å². The quantitative estimate of drug-likeness (QED) is 0.499. The third-order valence-corrected chi connectivity index (χ3v) is 6.26. The summed E-state index contributed by atoms with van der Waals surface area (Å²) in [5.41, 5.74) is 0. The maximum absolute atomic E-state index is 12.5. The lowest BCUT2D eigenvalue weighted by atomic mass is 10.2. The van der Waals surface area contributed by atoms with E-state index in [0.717, 1.165) is 0 Å². The monoisotopic (exact) mass is 397 g/mol. The van der Waals surface area contributed by atoms with E-state index in [-0.39, 0.29) is 22.5 Å². The number of hydrogen-bond acceptors (Lipinski definition) is 7. The Bertz CT molecular complexity index is 848. The summed E-state index contributed by atoms with van der Waals surface area (Å²) < 4.78 is 31.8. The van der Waals surface area contributed by atoms with Gasteiger partial charge in [-0.3, -0.25) is 4.79 Å². The van der Waals surface area contributed by atoms with Crippen LogP contribution in [0.25, 0.3) is 0 Å². The summed E-state index contributed by atoms with van der Waals surface area (Å²) in [4.78, 5) is 12.2. The summed E-state index contributed by atoms with van der Waals surface area (Å²) in [6.07, 6.45) is 0. The maximum atomic E-state index is 12.5. The predicted octanol–water partition coefficient (Wildman–Crippen LogP) is 2.47. The van der Waals surface area contributed by atoms with Gasteiger partial charge in [-0.05, 0) is 25.0 Å². The molecule has 142 valence electrons. The first-order valence-corrected chi connectivity index (χ1v) is 10.7. The fraction of sp³-hybridized carbons (Fsp3) is 0.471. The molecule has 0 radical (unpaired) electrons. The Morgan fingerprint density at radius 1 is 1.19 bits per heavy atom. The number of carbonyl (C=O) groups excluding carboxylic acids is 1. The summed E-state index contributed by atoms with van der Waals surface area (Å²) in [5, 5.41) is 8.00. The molecule has 1 aromatic heterocycles. The number of ether oxygens (including phenoxy) is 1. The van der Waals surface area contributed by atoms with E-state index in [1.165, 1.54) is 11.8 Å². The van der Waals surface area contributed by atoms with E-state index in [1.54, 1.807) is 48.9 Å². The molecule has 9 heteroatoms. The van der Waals surface area contributed by atoms with Gasteiger partial charge in [-0.2, -0.15) is 0 Å². The van der Waals surface area contributed by atoms with Crippen molar-refractivity contribution in [3.8, 4) is 0 Å². The third kappa shape index (κ3) is 5.31. The Kier molecular flexibility index (Phi) is 6.82. The van der Waals surface area contributed by atoms with Gasteiger partial charge in [0.25, 0.3) is 0 Å². The summed E-state index contributed by atoms with van der Waals surface area (Å²) >= 11 is 1.19. The second kappa shape index (κ2) is 8.68. The smallest absolute Gasteiger partial charge is 0.319 e. The van der Waals surface area contributed by atoms with Crippen molar-refractivity contribution in [2.45, 2.75) is 41.8 Å². The van der Waals surface area contributed by atoms with Crippen molar-refractivity contribution in [2.75, 3.05) is 6.61 Å². The Morgan fingerprint density at radius 3 is 2.46 bits per heavy atom. The molecule has 1 atom stereocenters. The highest BCUT2D eigenvalue weighted by molar-refractivity contribution is 8.00. The Balaban J connectivity index is 2.07. The van der Waals surface area contributed by atoms with Gasteiger partial charge in [-0.25, -0.2) is 8.42 Å². The van der Waals surface area contributed by atoms with E-state index in [1.807, 2.05) is 13.8 Å². The van der Waals surface area contributed by atoms with Crippen LogP contribution >= 0.6 is 11.8 Å². The van der Waals surface area contributed by atoms with E-state index in [9.17, 15) is 13.2 Å². The molecule has 1 aromatic carbocycles. The number of benzene rings is 1. The van der Waals surface area contributed by atoms with E-state index in [4.69, 9.17) is 4.74 Å². The maximum Gasteiger partial charge on any atom is 0.319 e. The van der Waals surface area contributed by atoms with Crippen LogP contribution in [0.2, 0.25) is 0 Å². The van der Waals surface area contributed by atoms with Crippen molar-refractivity contribution in [1.82, 2.24) is 14.8 Å². The molecule has 2 rings (SSSR count). The molecule has 7 nitrogen and oxygen atoms in total. The van der Waals surface area contributed by atoms with Crippen molar-refractivity contribution in [2.24, 2.45) is 13.0 Å². The molecule has 0 aliphatic heterocycles. The van der Waals surface area contributed by atoms with Gasteiger partial charge in [-0.1, -0.05) is 43.8 Å². The predicted molar refractivity (Wildman–Crippen MR) is 99.5 cm³/mol. The van der Waals surface area contributed by atoms with Crippen LogP contribution in [-0.4, -0.2) is 41.0 Å². The van der Waals surface area contributed by atoms with Crippen LogP contribution in [0.5, 0.6) is 0 Å². The van der Waals surface area contributed by atoms with Crippen LogP contribution in [0.4, 0.5) is 0 Å². The zero-order valence-electron chi connectivity index (χ0n) is 15.2. The average molecular weight is 398 g/mol. The van der Waals surface area contributed by atoms with Crippen LogP contribution in [0.3, 0.4) is 0 Å². The topological polar surface area (TPSA) is 91.2 Å². The van der Waals surface area contributed by atoms with Gasteiger partial charge < -0.3 is 9.30 Å². The highest BCUT2D eigenvalue weighted by atomic mass is 32.2. The molecule has 0 fully saturated rings. The van der Waals surface area contributed by atoms with Gasteiger partial charge in [0.1, 0.15) is 16.8 Å². The van der Waals surface area contributed by atoms with Crippen LogP contribution in [0.1, 0.15) is 26.6 Å². The lowest BCUT2D eigenvalue weighted by molar-refractivity contribution is -0.143. The van der Waals surface area contributed by atoms with Crippen LogP contribution in [0, 0.1) is 5.92 Å². The number of rotatable bonds is 8. The second-order valence-electron chi connectivity index (χ2n) is 6.31. The number of sulfone groups is 1. The normalized spacial score (nSPS) is 13.0. The van der Waals surface area contributed by atoms with E-state index >= 15 is 0 Å². The number of carbonyl (C=O) groups is 1. The minimum atomic E-state index is -3.51. The lowest BCUT2D eigenvalue weighted by Gasteiger charge is -2.12. The Labute approximate surface area is 158 Å². The number of thioether (sulfide) groups is 1. The molecule has 0 bridgehead atoms. The Hall–Kier alpha value is -1.87. The van der Waals surface area contributed by atoms with Gasteiger partial charge in [0.05, 0.1) is 11.5 Å². The molecule has 0 N–H and O–H groups in total. The number of nitrogens with zero attached hydrogens (tertiary/aromatic N) is 3. The van der Waals surface area contributed by atoms with Gasteiger partial charge in [0, 0.05) is 7.05 Å². The molecule has 0 aliphatic carbocycles. The number of aromatic nitrogens is 3. The van der Waals surface area contributed by atoms with Crippen molar-refractivity contribution < 1.29 is 17.9 Å². The van der Waals surface area contributed by atoms with E-state index in [0.29, 0.717) is 17.6 Å². The number of esters is 1. The molecular formula is C17H23N3O4S2. The summed E-state index contributed by atoms with van der Waals surface area (Å²) in [6.45, 7) is 6.02. The largest absolute Gasteiger partial charge is 0.465 e. The standard InChI is InChI=1S/C17H23N3O4S2/c1-12(2)10-24-16(21)13(3)25-17-19-18-15(20(17)4)11-26(22,23)14-8-6-5-7-9-14/h5-9,12-13H,10-11H2,1-4H3. The molecule has 0 spiro atoms. The van der Waals surface area contributed by atoms with Crippen molar-refractivity contribution in [3.63, 3.8) is 0 Å². The third-order valence-electron chi connectivity index (χ3n) is 3.52. The molecule has 1 unspecified atom stereocenters.